The van der Waals surface area contributed by atoms with E-state index in [0.717, 1.165) is 0 Å². The highest BCUT2D eigenvalue weighted by Crippen LogP contribution is 2.00. The molecule has 4 heteroatoms. The normalized spacial score (nSPS) is 15.6. The van der Waals surface area contributed by atoms with Crippen molar-refractivity contribution in [3.05, 3.63) is 0 Å². The van der Waals surface area contributed by atoms with Gasteiger partial charge in [0.1, 0.15) is 0 Å². The molecule has 66 valence electrons. The molecule has 0 aromatic heterocycles. The summed E-state index contributed by atoms with van der Waals surface area (Å²) in [5.41, 5.74) is 0. The maximum Gasteiger partial charge on any atom is 0.230 e. The first-order valence-corrected chi connectivity index (χ1v) is 4.70. The van der Waals surface area contributed by atoms with Crippen LogP contribution in [0.1, 0.15) is 13.8 Å². The minimum atomic E-state index is -0.0437. The maximum atomic E-state index is 10.8. The number of carbonyl (C=O) groups excluding carboxylic acids is 1. The molecule has 0 saturated heterocycles. The molecule has 0 bridgehead atoms. The Kier molecular flexibility index (Phi) is 5.50. The van der Waals surface area contributed by atoms with Crippen molar-refractivity contribution in [1.82, 2.24) is 5.32 Å². The molecule has 0 aliphatic rings. The fraction of sp³-hybridized carbons (Fsp3) is 0.857. The third kappa shape index (κ3) is 4.37. The Morgan fingerprint density at radius 1 is 1.64 bits per heavy atom. The second-order valence-corrected chi connectivity index (χ2v) is 3.21. The highest BCUT2D eigenvalue weighted by atomic mass is 79.9. The van der Waals surface area contributed by atoms with E-state index >= 15 is 0 Å². The first-order chi connectivity index (χ1) is 5.11. The fourth-order valence-electron chi connectivity index (χ4n) is 0.593. The molecule has 11 heavy (non-hydrogen) atoms. The number of carbonyl (C=O) groups is 1. The lowest BCUT2D eigenvalue weighted by Crippen LogP contribution is -2.38. The molecule has 0 rings (SSSR count). The second kappa shape index (κ2) is 5.55. The molecule has 0 aliphatic heterocycles. The van der Waals surface area contributed by atoms with Crippen molar-refractivity contribution in [3.63, 3.8) is 0 Å². The summed E-state index contributed by atoms with van der Waals surface area (Å²) < 4.78 is 0. The number of amides is 1. The molecule has 0 aromatic carbocycles. The van der Waals surface area contributed by atoms with Crippen LogP contribution in [0.3, 0.4) is 0 Å². The van der Waals surface area contributed by atoms with Crippen LogP contribution in [0.2, 0.25) is 0 Å². The molecule has 1 amide bonds. The lowest BCUT2D eigenvalue weighted by atomic mass is 10.1. The quantitative estimate of drug-likeness (QED) is 0.683. The van der Waals surface area contributed by atoms with Crippen LogP contribution in [0.4, 0.5) is 0 Å². The van der Waals surface area contributed by atoms with Crippen LogP contribution in [-0.4, -0.2) is 29.0 Å². The predicted octanol–water partition coefficient (Wildman–Crippen LogP) is 0.514. The third-order valence-corrected chi connectivity index (χ3v) is 2.16. The number of alkyl halides is 1. The number of aliphatic hydroxyl groups excluding tert-OH is 1. The van der Waals surface area contributed by atoms with E-state index in [0.29, 0.717) is 5.33 Å². The number of halogens is 1. The van der Waals surface area contributed by atoms with Gasteiger partial charge in [-0.25, -0.2) is 0 Å². The van der Waals surface area contributed by atoms with E-state index in [1.54, 1.807) is 0 Å². The van der Waals surface area contributed by atoms with Gasteiger partial charge in [0.25, 0.3) is 0 Å². The predicted molar refractivity (Wildman–Crippen MR) is 47.6 cm³/mol. The van der Waals surface area contributed by atoms with Crippen LogP contribution in [0.15, 0.2) is 0 Å². The summed E-state index contributed by atoms with van der Waals surface area (Å²) in [5, 5.41) is 11.8. The average Bonchev–Trinajstić information content (AvgIpc) is 2.02. The topological polar surface area (TPSA) is 49.3 Å². The van der Waals surface area contributed by atoms with Crippen LogP contribution >= 0.6 is 15.9 Å². The van der Waals surface area contributed by atoms with E-state index in [1.807, 2.05) is 13.8 Å². The summed E-state index contributed by atoms with van der Waals surface area (Å²) in [7, 11) is 0. The molecule has 0 aliphatic carbocycles. The second-order valence-electron chi connectivity index (χ2n) is 2.65. The number of aliphatic hydroxyl groups is 1. The van der Waals surface area contributed by atoms with Crippen molar-refractivity contribution < 1.29 is 9.90 Å². The fourth-order valence-corrected chi connectivity index (χ4v) is 0.755. The van der Waals surface area contributed by atoms with E-state index in [1.165, 1.54) is 0 Å². The van der Waals surface area contributed by atoms with Crippen molar-refractivity contribution >= 4 is 21.8 Å². The van der Waals surface area contributed by atoms with Gasteiger partial charge in [-0.15, -0.1) is 0 Å². The highest BCUT2D eigenvalue weighted by Gasteiger charge is 2.12. The van der Waals surface area contributed by atoms with Gasteiger partial charge >= 0.3 is 0 Å². The molecule has 2 atom stereocenters. The standard InChI is InChI=1S/C7H14BrNO2/c1-5(4-10)6(2)9-7(11)3-8/h5-6,10H,3-4H2,1-2H3,(H,9,11). The lowest BCUT2D eigenvalue weighted by Gasteiger charge is -2.18. The molecular formula is C7H14BrNO2. The van der Waals surface area contributed by atoms with Gasteiger partial charge in [-0.2, -0.15) is 0 Å². The Bertz CT molecular complexity index is 130. The van der Waals surface area contributed by atoms with Crippen LogP contribution in [0.5, 0.6) is 0 Å². The van der Waals surface area contributed by atoms with Crippen LogP contribution in [0.25, 0.3) is 0 Å². The largest absolute Gasteiger partial charge is 0.396 e. The SMILES string of the molecule is CC(CO)C(C)NC(=O)CBr. The zero-order chi connectivity index (χ0) is 8.85. The Morgan fingerprint density at radius 3 is 2.55 bits per heavy atom. The van der Waals surface area contributed by atoms with Crippen LogP contribution in [-0.2, 0) is 4.79 Å². The Morgan fingerprint density at radius 2 is 2.18 bits per heavy atom. The summed E-state index contributed by atoms with van der Waals surface area (Å²) in [6.07, 6.45) is 0. The molecule has 2 N–H and O–H groups in total. The molecule has 0 saturated carbocycles. The number of hydrogen-bond donors (Lipinski definition) is 2. The molecule has 0 radical (unpaired) electrons. The number of rotatable bonds is 4. The summed E-state index contributed by atoms with van der Waals surface area (Å²) in [4.78, 5) is 10.8. The van der Waals surface area contributed by atoms with E-state index in [-0.39, 0.29) is 24.5 Å². The smallest absolute Gasteiger partial charge is 0.230 e. The van der Waals surface area contributed by atoms with Crippen molar-refractivity contribution in [3.8, 4) is 0 Å². The molecule has 0 aromatic rings. The zero-order valence-electron chi connectivity index (χ0n) is 6.80. The van der Waals surface area contributed by atoms with Crippen molar-refractivity contribution in [2.45, 2.75) is 19.9 Å². The molecular weight excluding hydrogens is 210 g/mol. The summed E-state index contributed by atoms with van der Waals surface area (Å²) in [6.45, 7) is 3.87. The van der Waals surface area contributed by atoms with Gasteiger partial charge < -0.3 is 10.4 Å². The molecule has 2 unspecified atom stereocenters. The molecule has 0 spiro atoms. The first kappa shape index (κ1) is 10.9. The Hall–Kier alpha value is -0.0900. The molecule has 3 nitrogen and oxygen atoms in total. The van der Waals surface area contributed by atoms with Crippen molar-refractivity contribution in [2.75, 3.05) is 11.9 Å². The van der Waals surface area contributed by atoms with Gasteiger partial charge in [-0.3, -0.25) is 4.79 Å². The Labute approximate surface area is 75.3 Å². The minimum Gasteiger partial charge on any atom is -0.396 e. The van der Waals surface area contributed by atoms with Crippen LogP contribution < -0.4 is 5.32 Å². The molecule has 0 fully saturated rings. The van der Waals surface area contributed by atoms with Crippen molar-refractivity contribution in [1.29, 1.82) is 0 Å². The monoisotopic (exact) mass is 223 g/mol. The molecule has 0 heterocycles. The highest BCUT2D eigenvalue weighted by molar-refractivity contribution is 9.09. The summed E-state index contributed by atoms with van der Waals surface area (Å²) in [6, 6.07) is 0.0325. The Balaban J connectivity index is 3.67. The van der Waals surface area contributed by atoms with Gasteiger partial charge in [0.05, 0.1) is 5.33 Å². The first-order valence-electron chi connectivity index (χ1n) is 3.58. The van der Waals surface area contributed by atoms with Crippen LogP contribution in [0, 0.1) is 5.92 Å². The van der Waals surface area contributed by atoms with E-state index < -0.39 is 0 Å². The van der Waals surface area contributed by atoms with Gasteiger partial charge in [-0.1, -0.05) is 22.9 Å². The van der Waals surface area contributed by atoms with E-state index in [2.05, 4.69) is 21.2 Å². The maximum absolute atomic E-state index is 10.8. The lowest BCUT2D eigenvalue weighted by molar-refractivity contribution is -0.119. The number of hydrogen-bond acceptors (Lipinski definition) is 2. The van der Waals surface area contributed by atoms with Crippen molar-refractivity contribution in [2.24, 2.45) is 5.92 Å². The minimum absolute atomic E-state index is 0.0325. The average molecular weight is 224 g/mol. The number of nitrogens with one attached hydrogen (secondary N) is 1. The van der Waals surface area contributed by atoms with E-state index in [9.17, 15) is 4.79 Å². The van der Waals surface area contributed by atoms with Gasteiger partial charge in [0.15, 0.2) is 0 Å². The van der Waals surface area contributed by atoms with E-state index in [4.69, 9.17) is 5.11 Å². The van der Waals surface area contributed by atoms with Gasteiger partial charge in [0.2, 0.25) is 5.91 Å². The third-order valence-electron chi connectivity index (χ3n) is 1.65. The summed E-state index contributed by atoms with van der Waals surface area (Å²) >= 11 is 3.04. The zero-order valence-corrected chi connectivity index (χ0v) is 8.39. The summed E-state index contributed by atoms with van der Waals surface area (Å²) in [5.74, 6) is 0.0656. The van der Waals surface area contributed by atoms with Gasteiger partial charge in [-0.05, 0) is 12.8 Å². The van der Waals surface area contributed by atoms with Gasteiger partial charge in [0, 0.05) is 12.6 Å².